The van der Waals surface area contributed by atoms with E-state index in [0.717, 1.165) is 29.2 Å². The molecule has 1 heterocycles. The Morgan fingerprint density at radius 3 is 2.24 bits per heavy atom. The lowest BCUT2D eigenvalue weighted by Gasteiger charge is -2.18. The molecule has 0 saturated heterocycles. The molecule has 0 unspecified atom stereocenters. The van der Waals surface area contributed by atoms with Crippen LogP contribution in [0.2, 0.25) is 0 Å². The molecule has 0 radical (unpaired) electrons. The fourth-order valence-corrected chi connectivity index (χ4v) is 3.24. The molecule has 0 aliphatic carbocycles. The van der Waals surface area contributed by atoms with Crippen molar-refractivity contribution < 1.29 is 13.2 Å². The maximum absolute atomic E-state index is 13.5. The summed E-state index contributed by atoms with van der Waals surface area (Å²) in [5.41, 5.74) is 0.308. The Bertz CT molecular complexity index is 1140. The quantitative estimate of drug-likeness (QED) is 0.599. The van der Waals surface area contributed by atoms with Crippen LogP contribution in [0, 0.1) is 18.3 Å². The van der Waals surface area contributed by atoms with Crippen LogP contribution in [0.5, 0.6) is 0 Å². The van der Waals surface area contributed by atoms with Crippen molar-refractivity contribution in [1.82, 2.24) is 4.57 Å². The van der Waals surface area contributed by atoms with Crippen LogP contribution in [0.1, 0.15) is 34.7 Å². The van der Waals surface area contributed by atoms with Crippen molar-refractivity contribution in [3.63, 3.8) is 0 Å². The van der Waals surface area contributed by atoms with Crippen LogP contribution in [0.25, 0.3) is 11.3 Å². The number of aromatic nitrogens is 1. The Hall–Kier alpha value is -3.33. The first-order valence-corrected chi connectivity index (χ1v) is 9.14. The van der Waals surface area contributed by atoms with E-state index in [1.165, 1.54) is 10.6 Å². The SMILES string of the molecule is CCc1ccc(Cn2c(-c3cccc(C)c3)cc(C(F)(F)F)c(C#N)c2=O)cc1. The zero-order chi connectivity index (χ0) is 21.2. The molecule has 1 aromatic heterocycles. The Balaban J connectivity index is 2.27. The molecule has 6 heteroatoms. The molecule has 0 saturated carbocycles. The monoisotopic (exact) mass is 396 g/mol. The largest absolute Gasteiger partial charge is 0.417 e. The molecular formula is C23H19F3N2O. The van der Waals surface area contributed by atoms with Gasteiger partial charge < -0.3 is 4.57 Å². The lowest BCUT2D eigenvalue weighted by atomic mass is 10.0. The number of aryl methyl sites for hydroxylation is 2. The second kappa shape index (κ2) is 7.96. The van der Waals surface area contributed by atoms with Crippen LogP contribution >= 0.6 is 0 Å². The van der Waals surface area contributed by atoms with E-state index in [4.69, 9.17) is 0 Å². The highest BCUT2D eigenvalue weighted by atomic mass is 19.4. The fourth-order valence-electron chi connectivity index (χ4n) is 3.24. The first-order valence-electron chi connectivity index (χ1n) is 9.14. The number of alkyl halides is 3. The van der Waals surface area contributed by atoms with E-state index >= 15 is 0 Å². The molecule has 0 amide bonds. The molecule has 2 aromatic carbocycles. The summed E-state index contributed by atoms with van der Waals surface area (Å²) in [6.07, 6.45) is -3.95. The second-order valence-corrected chi connectivity index (χ2v) is 6.86. The number of hydrogen-bond donors (Lipinski definition) is 0. The number of nitrogens with zero attached hydrogens (tertiary/aromatic N) is 2. The van der Waals surface area contributed by atoms with E-state index in [-0.39, 0.29) is 12.2 Å². The maximum atomic E-state index is 13.5. The van der Waals surface area contributed by atoms with Crippen molar-refractivity contribution in [2.24, 2.45) is 0 Å². The highest BCUT2D eigenvalue weighted by molar-refractivity contribution is 5.63. The van der Waals surface area contributed by atoms with Crippen LogP contribution in [0.15, 0.2) is 59.4 Å². The van der Waals surface area contributed by atoms with Crippen LogP contribution in [0.3, 0.4) is 0 Å². The third kappa shape index (κ3) is 4.24. The number of halogens is 3. The Labute approximate surface area is 166 Å². The van der Waals surface area contributed by atoms with E-state index in [2.05, 4.69) is 0 Å². The summed E-state index contributed by atoms with van der Waals surface area (Å²) in [7, 11) is 0. The van der Waals surface area contributed by atoms with Crippen molar-refractivity contribution in [2.75, 3.05) is 0 Å². The molecular weight excluding hydrogens is 377 g/mol. The molecule has 29 heavy (non-hydrogen) atoms. The van der Waals surface area contributed by atoms with Crippen LogP contribution in [0.4, 0.5) is 13.2 Å². The molecule has 3 nitrogen and oxygen atoms in total. The summed E-state index contributed by atoms with van der Waals surface area (Å²) in [5.74, 6) is 0. The second-order valence-electron chi connectivity index (χ2n) is 6.86. The molecule has 0 bridgehead atoms. The minimum absolute atomic E-state index is 0.0684. The molecule has 0 spiro atoms. The van der Waals surface area contributed by atoms with Gasteiger partial charge in [0.2, 0.25) is 0 Å². The van der Waals surface area contributed by atoms with Gasteiger partial charge in [0.15, 0.2) is 0 Å². The molecule has 0 atom stereocenters. The number of rotatable bonds is 4. The zero-order valence-corrected chi connectivity index (χ0v) is 16.0. The van der Waals surface area contributed by atoms with Gasteiger partial charge in [-0.3, -0.25) is 4.79 Å². The van der Waals surface area contributed by atoms with Crippen molar-refractivity contribution in [3.8, 4) is 17.3 Å². The molecule has 0 N–H and O–H groups in total. The molecule has 0 aliphatic heterocycles. The van der Waals surface area contributed by atoms with Crippen molar-refractivity contribution >= 4 is 0 Å². The van der Waals surface area contributed by atoms with E-state index in [1.54, 1.807) is 18.2 Å². The van der Waals surface area contributed by atoms with Gasteiger partial charge in [-0.2, -0.15) is 18.4 Å². The van der Waals surface area contributed by atoms with Crippen molar-refractivity contribution in [1.29, 1.82) is 5.26 Å². The van der Waals surface area contributed by atoms with Gasteiger partial charge >= 0.3 is 6.18 Å². The summed E-state index contributed by atoms with van der Waals surface area (Å²) < 4.78 is 41.8. The summed E-state index contributed by atoms with van der Waals surface area (Å²) in [4.78, 5) is 12.9. The lowest BCUT2D eigenvalue weighted by molar-refractivity contribution is -0.137. The van der Waals surface area contributed by atoms with Gasteiger partial charge in [0.1, 0.15) is 11.6 Å². The van der Waals surface area contributed by atoms with Gasteiger partial charge in [-0.05, 0) is 42.2 Å². The fraction of sp³-hybridized carbons (Fsp3) is 0.217. The number of hydrogen-bond acceptors (Lipinski definition) is 2. The number of nitriles is 1. The highest BCUT2D eigenvalue weighted by Crippen LogP contribution is 2.33. The molecule has 3 aromatic rings. The smallest absolute Gasteiger partial charge is 0.303 e. The normalized spacial score (nSPS) is 11.3. The maximum Gasteiger partial charge on any atom is 0.417 e. The highest BCUT2D eigenvalue weighted by Gasteiger charge is 2.36. The average Bonchev–Trinajstić information content (AvgIpc) is 2.69. The van der Waals surface area contributed by atoms with E-state index in [9.17, 15) is 23.2 Å². The van der Waals surface area contributed by atoms with Crippen LogP contribution in [-0.4, -0.2) is 4.57 Å². The molecule has 3 rings (SSSR count). The third-order valence-corrected chi connectivity index (χ3v) is 4.80. The summed E-state index contributed by atoms with van der Waals surface area (Å²) in [5, 5.41) is 9.26. The first-order chi connectivity index (χ1) is 13.7. The van der Waals surface area contributed by atoms with Gasteiger partial charge in [-0.15, -0.1) is 0 Å². The summed E-state index contributed by atoms with van der Waals surface area (Å²) in [6.45, 7) is 3.91. The van der Waals surface area contributed by atoms with Gasteiger partial charge in [0.25, 0.3) is 5.56 Å². The minimum Gasteiger partial charge on any atom is -0.303 e. The first kappa shape index (κ1) is 20.4. The van der Waals surface area contributed by atoms with Crippen LogP contribution < -0.4 is 5.56 Å². The van der Waals surface area contributed by atoms with E-state index in [1.807, 2.05) is 44.2 Å². The predicted molar refractivity (Wildman–Crippen MR) is 106 cm³/mol. The van der Waals surface area contributed by atoms with Gasteiger partial charge in [-0.25, -0.2) is 0 Å². The predicted octanol–water partition coefficient (Wildman–Crippen LogP) is 5.32. The topological polar surface area (TPSA) is 45.8 Å². The minimum atomic E-state index is -4.80. The average molecular weight is 396 g/mol. The Morgan fingerprint density at radius 2 is 1.69 bits per heavy atom. The molecule has 0 aliphatic rings. The Morgan fingerprint density at radius 1 is 1.03 bits per heavy atom. The van der Waals surface area contributed by atoms with Crippen LogP contribution in [-0.2, 0) is 19.1 Å². The summed E-state index contributed by atoms with van der Waals surface area (Å²) >= 11 is 0. The van der Waals surface area contributed by atoms with E-state index in [0.29, 0.717) is 5.56 Å². The number of benzene rings is 2. The number of pyridine rings is 1. The third-order valence-electron chi connectivity index (χ3n) is 4.80. The zero-order valence-electron chi connectivity index (χ0n) is 16.0. The van der Waals surface area contributed by atoms with Crippen molar-refractivity contribution in [3.05, 3.63) is 92.8 Å². The molecule has 0 fully saturated rings. The Kier molecular flexibility index (Phi) is 5.60. The van der Waals surface area contributed by atoms with E-state index < -0.39 is 22.9 Å². The van der Waals surface area contributed by atoms with Gasteiger partial charge in [0.05, 0.1) is 17.8 Å². The molecule has 148 valence electrons. The summed E-state index contributed by atoms with van der Waals surface area (Å²) in [6, 6.07) is 16.8. The lowest BCUT2D eigenvalue weighted by Crippen LogP contribution is -2.28. The van der Waals surface area contributed by atoms with Crippen molar-refractivity contribution in [2.45, 2.75) is 33.0 Å². The van der Waals surface area contributed by atoms with Gasteiger partial charge in [-0.1, -0.05) is 55.0 Å². The standard InChI is InChI=1S/C23H19F3N2O/c1-3-16-7-9-17(10-8-16)14-28-21(18-6-4-5-15(2)11-18)12-20(23(24,25)26)19(13-27)22(28)29/h4-12H,3,14H2,1-2H3. The van der Waals surface area contributed by atoms with Gasteiger partial charge in [0, 0.05) is 0 Å².